The molecule has 2 aliphatic rings. The second-order valence-corrected chi connectivity index (χ2v) is 11.4. The zero-order chi connectivity index (χ0) is 29.9. The van der Waals surface area contributed by atoms with Crippen LogP contribution in [0.4, 0.5) is 38.3 Å². The number of carbonyl (C=O) groups is 1. The molecule has 2 aromatic heterocycles. The van der Waals surface area contributed by atoms with E-state index in [2.05, 4.69) is 15.0 Å². The molecular formula is C26H26ClF5N6O3. The summed E-state index contributed by atoms with van der Waals surface area (Å²) in [5, 5.41) is -0.302. The molecule has 0 radical (unpaired) electrons. The third-order valence-corrected chi connectivity index (χ3v) is 6.98. The standard InChI is InChI=1S/C26H26ClF5N6O3/c1-25(2,3)41-24(39)38-13-4-5-14(38)10-37(9-13)22-16-8-34-20(15-6-12(33)7-17(27)18(15)28)19(29)21(16)35-23(36-22)40-11-26(30,31)32/h6-8,13-14H,4-5,9-11,33H2,1-3H3. The highest BCUT2D eigenvalue weighted by Gasteiger charge is 2.45. The number of nitrogens with two attached hydrogens (primary N) is 1. The number of halogens is 6. The molecule has 2 N–H and O–H groups in total. The molecule has 2 bridgehead atoms. The molecule has 0 saturated carbocycles. The highest BCUT2D eigenvalue weighted by molar-refractivity contribution is 6.31. The van der Waals surface area contributed by atoms with Gasteiger partial charge in [0.15, 0.2) is 18.2 Å². The molecule has 2 atom stereocenters. The smallest absolute Gasteiger partial charge is 0.422 e. The summed E-state index contributed by atoms with van der Waals surface area (Å²) < 4.78 is 79.9. The summed E-state index contributed by atoms with van der Waals surface area (Å²) in [6, 6.07) is 0.986. The van der Waals surface area contributed by atoms with Crippen molar-refractivity contribution in [2.45, 2.75) is 57.5 Å². The minimum Gasteiger partial charge on any atom is -0.454 e. The number of nitrogens with zero attached hydrogens (tertiary/aromatic N) is 5. The van der Waals surface area contributed by atoms with Crippen LogP contribution in [0.3, 0.4) is 0 Å². The lowest BCUT2D eigenvalue weighted by Gasteiger charge is -2.42. The summed E-state index contributed by atoms with van der Waals surface area (Å²) in [6.07, 6.45) is -2.65. The number of benzene rings is 1. The van der Waals surface area contributed by atoms with Crippen LogP contribution in [0, 0.1) is 11.6 Å². The molecule has 9 nitrogen and oxygen atoms in total. The first-order chi connectivity index (χ1) is 19.1. The Morgan fingerprint density at radius 3 is 2.37 bits per heavy atom. The Balaban J connectivity index is 1.57. The van der Waals surface area contributed by atoms with Crippen LogP contribution in [0.1, 0.15) is 33.6 Å². The number of ether oxygens (including phenoxy) is 2. The maximum atomic E-state index is 15.9. The molecule has 2 fully saturated rings. The number of carbonyl (C=O) groups excluding carboxylic acids is 1. The first-order valence-corrected chi connectivity index (χ1v) is 13.1. The lowest BCUT2D eigenvalue weighted by atomic mass is 10.1. The van der Waals surface area contributed by atoms with Gasteiger partial charge in [0.25, 0.3) is 0 Å². The van der Waals surface area contributed by atoms with Gasteiger partial charge >= 0.3 is 18.3 Å². The highest BCUT2D eigenvalue weighted by atomic mass is 35.5. The molecule has 5 rings (SSSR count). The van der Waals surface area contributed by atoms with Crippen LogP contribution >= 0.6 is 11.6 Å². The molecule has 4 heterocycles. The van der Waals surface area contributed by atoms with Gasteiger partial charge in [-0.25, -0.2) is 13.6 Å². The monoisotopic (exact) mass is 600 g/mol. The first kappa shape index (κ1) is 28.8. The number of nitrogen functional groups attached to an aromatic ring is 1. The van der Waals surface area contributed by atoms with Gasteiger partial charge < -0.3 is 20.1 Å². The Kier molecular flexibility index (Phi) is 7.24. The lowest BCUT2D eigenvalue weighted by molar-refractivity contribution is -0.154. The second-order valence-electron chi connectivity index (χ2n) is 11.0. The van der Waals surface area contributed by atoms with E-state index in [4.69, 9.17) is 26.8 Å². The van der Waals surface area contributed by atoms with Crippen molar-refractivity contribution in [3.8, 4) is 17.3 Å². The van der Waals surface area contributed by atoms with E-state index < -0.39 is 53.3 Å². The zero-order valence-electron chi connectivity index (χ0n) is 22.2. The Morgan fingerprint density at radius 2 is 1.76 bits per heavy atom. The molecule has 2 saturated heterocycles. The predicted octanol–water partition coefficient (Wildman–Crippen LogP) is 5.73. The average molecular weight is 601 g/mol. The van der Waals surface area contributed by atoms with Gasteiger partial charge in [-0.3, -0.25) is 9.88 Å². The highest BCUT2D eigenvalue weighted by Crippen LogP contribution is 2.39. The van der Waals surface area contributed by atoms with Gasteiger partial charge in [-0.2, -0.15) is 23.1 Å². The first-order valence-electron chi connectivity index (χ1n) is 12.7. The van der Waals surface area contributed by atoms with Crippen molar-refractivity contribution in [3.05, 3.63) is 35.0 Å². The molecule has 0 aliphatic carbocycles. The quantitative estimate of drug-likeness (QED) is 0.299. The van der Waals surface area contributed by atoms with Crippen LogP contribution in [-0.4, -0.2) is 69.5 Å². The number of alkyl halides is 3. The summed E-state index contributed by atoms with van der Waals surface area (Å²) in [6.45, 7) is 4.05. The molecule has 2 unspecified atom stereocenters. The molecule has 15 heteroatoms. The molecule has 1 amide bonds. The van der Waals surface area contributed by atoms with Gasteiger partial charge in [0.2, 0.25) is 0 Å². The van der Waals surface area contributed by atoms with Crippen LogP contribution in [0.25, 0.3) is 22.2 Å². The Labute approximate surface area is 236 Å². The second kappa shape index (κ2) is 10.3. The fraction of sp³-hybridized carbons (Fsp3) is 0.462. The largest absolute Gasteiger partial charge is 0.454 e. The molecule has 41 heavy (non-hydrogen) atoms. The number of hydrogen-bond acceptors (Lipinski definition) is 8. The van der Waals surface area contributed by atoms with E-state index in [9.17, 15) is 22.4 Å². The number of anilines is 2. The number of amides is 1. The Hall–Kier alpha value is -3.68. The van der Waals surface area contributed by atoms with E-state index in [1.54, 1.807) is 30.6 Å². The van der Waals surface area contributed by atoms with Crippen molar-refractivity contribution in [2.24, 2.45) is 0 Å². The van der Waals surface area contributed by atoms with Crippen molar-refractivity contribution in [1.29, 1.82) is 0 Å². The fourth-order valence-electron chi connectivity index (χ4n) is 5.13. The van der Waals surface area contributed by atoms with E-state index in [0.717, 1.165) is 12.1 Å². The topological polar surface area (TPSA) is 107 Å². The normalized spacial score (nSPS) is 19.1. The maximum Gasteiger partial charge on any atom is 0.422 e. The van der Waals surface area contributed by atoms with Crippen molar-refractivity contribution >= 4 is 40.1 Å². The number of piperazine rings is 1. The Bertz CT molecular complexity index is 1500. The average Bonchev–Trinajstić information content (AvgIpc) is 3.13. The molecular weight excluding hydrogens is 575 g/mol. The van der Waals surface area contributed by atoms with Crippen LogP contribution in [0.2, 0.25) is 5.02 Å². The molecule has 220 valence electrons. The van der Waals surface area contributed by atoms with Gasteiger partial charge in [-0.05, 0) is 45.7 Å². The minimum absolute atomic E-state index is 0.0450. The Morgan fingerprint density at radius 1 is 1.10 bits per heavy atom. The summed E-state index contributed by atoms with van der Waals surface area (Å²) in [5.41, 5.74) is 3.82. The molecule has 3 aromatic rings. The summed E-state index contributed by atoms with van der Waals surface area (Å²) in [5.74, 6) is -2.04. The molecule has 0 spiro atoms. The fourth-order valence-corrected chi connectivity index (χ4v) is 5.36. The number of rotatable bonds is 4. The van der Waals surface area contributed by atoms with E-state index in [0.29, 0.717) is 12.8 Å². The van der Waals surface area contributed by atoms with E-state index in [1.807, 2.05) is 0 Å². The van der Waals surface area contributed by atoms with Crippen molar-refractivity contribution in [3.63, 3.8) is 0 Å². The van der Waals surface area contributed by atoms with E-state index >= 15 is 4.39 Å². The number of pyridine rings is 1. The van der Waals surface area contributed by atoms with Crippen molar-refractivity contribution in [1.82, 2.24) is 19.9 Å². The predicted molar refractivity (Wildman–Crippen MR) is 141 cm³/mol. The van der Waals surface area contributed by atoms with E-state index in [-0.39, 0.29) is 52.7 Å². The molecule has 1 aromatic carbocycles. The maximum absolute atomic E-state index is 15.9. The van der Waals surface area contributed by atoms with Crippen LogP contribution in [-0.2, 0) is 4.74 Å². The van der Waals surface area contributed by atoms with Gasteiger partial charge in [0.1, 0.15) is 22.6 Å². The van der Waals surface area contributed by atoms with Crippen molar-refractivity contribution < 1.29 is 36.2 Å². The SMILES string of the molecule is CC(C)(C)OC(=O)N1C2CCC1CN(c1nc(OCC(F)(F)F)nc3c(F)c(-c4cc(N)cc(Cl)c4F)ncc13)C2. The summed E-state index contributed by atoms with van der Waals surface area (Å²) in [4.78, 5) is 28.4. The van der Waals surface area contributed by atoms with E-state index in [1.165, 1.54) is 6.20 Å². The van der Waals surface area contributed by atoms with Gasteiger partial charge in [-0.1, -0.05) is 11.6 Å². The third-order valence-electron chi connectivity index (χ3n) is 6.70. The van der Waals surface area contributed by atoms with Crippen LogP contribution in [0.15, 0.2) is 18.3 Å². The number of aromatic nitrogens is 3. The third kappa shape index (κ3) is 5.88. The number of hydrogen-bond donors (Lipinski definition) is 1. The van der Waals surface area contributed by atoms with Gasteiger partial charge in [-0.15, -0.1) is 0 Å². The number of fused-ring (bicyclic) bond motifs is 3. The van der Waals surface area contributed by atoms with Crippen LogP contribution in [0.5, 0.6) is 6.01 Å². The minimum atomic E-state index is -4.71. The summed E-state index contributed by atoms with van der Waals surface area (Å²) in [7, 11) is 0. The zero-order valence-corrected chi connectivity index (χ0v) is 23.0. The van der Waals surface area contributed by atoms with Crippen LogP contribution < -0.4 is 15.4 Å². The lowest BCUT2D eigenvalue weighted by Crippen LogP contribution is -2.57. The van der Waals surface area contributed by atoms with Gasteiger partial charge in [0.05, 0.1) is 22.5 Å². The van der Waals surface area contributed by atoms with Crippen molar-refractivity contribution in [2.75, 3.05) is 30.3 Å². The van der Waals surface area contributed by atoms with Gasteiger partial charge in [0, 0.05) is 30.5 Å². The summed E-state index contributed by atoms with van der Waals surface area (Å²) >= 11 is 5.88. The molecule has 2 aliphatic heterocycles.